The predicted molar refractivity (Wildman–Crippen MR) is 120 cm³/mol. The fourth-order valence-corrected chi connectivity index (χ4v) is 5.90. The van der Waals surface area contributed by atoms with Gasteiger partial charge in [0.05, 0.1) is 11.4 Å². The van der Waals surface area contributed by atoms with Gasteiger partial charge in [0.25, 0.3) is 0 Å². The molecular formula is C24H30N2O4S. The zero-order valence-corrected chi connectivity index (χ0v) is 18.6. The highest BCUT2D eigenvalue weighted by atomic mass is 32.2. The monoisotopic (exact) mass is 442 g/mol. The summed E-state index contributed by atoms with van der Waals surface area (Å²) in [4.78, 5) is 12.8. The van der Waals surface area contributed by atoms with Crippen LogP contribution in [0.15, 0.2) is 53.4 Å². The van der Waals surface area contributed by atoms with Crippen LogP contribution in [0, 0.1) is 5.92 Å². The lowest BCUT2D eigenvalue weighted by Gasteiger charge is -2.31. The van der Waals surface area contributed by atoms with E-state index in [-0.39, 0.29) is 11.8 Å². The summed E-state index contributed by atoms with van der Waals surface area (Å²) in [6, 6.07) is 15.0. The molecule has 0 spiro atoms. The van der Waals surface area contributed by atoms with Crippen molar-refractivity contribution in [3.05, 3.63) is 59.7 Å². The quantitative estimate of drug-likeness (QED) is 0.669. The van der Waals surface area contributed by atoms with Gasteiger partial charge in [-0.1, -0.05) is 24.3 Å². The fourth-order valence-electron chi connectivity index (χ4n) is 4.38. The number of benzene rings is 2. The topological polar surface area (TPSA) is 75.7 Å². The summed E-state index contributed by atoms with van der Waals surface area (Å²) >= 11 is 0. The van der Waals surface area contributed by atoms with Gasteiger partial charge < -0.3 is 10.1 Å². The standard InChI is InChI=1S/C24H30N2O4S/c27-24(25-14-17-30-22-8-2-1-3-9-22)20-12-15-26(16-13-20)31(28,29)23-11-10-19-6-4-5-7-21(19)18-23/h1-3,8-11,18,20H,4-7,12-17H2,(H,25,27). The second-order valence-electron chi connectivity index (χ2n) is 8.27. The molecule has 0 saturated carbocycles. The van der Waals surface area contributed by atoms with Crippen LogP contribution >= 0.6 is 0 Å². The highest BCUT2D eigenvalue weighted by Gasteiger charge is 2.32. The van der Waals surface area contributed by atoms with Crippen molar-refractivity contribution in [2.75, 3.05) is 26.2 Å². The lowest BCUT2D eigenvalue weighted by Crippen LogP contribution is -2.43. The number of aryl methyl sites for hydroxylation is 2. The van der Waals surface area contributed by atoms with E-state index >= 15 is 0 Å². The van der Waals surface area contributed by atoms with E-state index in [1.807, 2.05) is 42.5 Å². The summed E-state index contributed by atoms with van der Waals surface area (Å²) in [6.07, 6.45) is 5.35. The number of carbonyl (C=O) groups excluding carboxylic acids is 1. The van der Waals surface area contributed by atoms with Gasteiger partial charge >= 0.3 is 0 Å². The SMILES string of the molecule is O=C(NCCOc1ccccc1)C1CCN(S(=O)(=O)c2ccc3c(c2)CCCC3)CC1. The molecule has 1 N–H and O–H groups in total. The summed E-state index contributed by atoms with van der Waals surface area (Å²) in [6.45, 7) is 1.58. The molecule has 1 aliphatic heterocycles. The molecule has 6 nitrogen and oxygen atoms in total. The number of fused-ring (bicyclic) bond motifs is 1. The lowest BCUT2D eigenvalue weighted by atomic mass is 9.92. The zero-order chi connectivity index (χ0) is 21.7. The van der Waals surface area contributed by atoms with Gasteiger partial charge in [-0.25, -0.2) is 8.42 Å². The third kappa shape index (κ3) is 5.28. The Kier molecular flexibility index (Phi) is 6.92. The van der Waals surface area contributed by atoms with Gasteiger partial charge in [-0.3, -0.25) is 4.79 Å². The molecular weight excluding hydrogens is 412 g/mol. The summed E-state index contributed by atoms with van der Waals surface area (Å²) in [5.74, 6) is 0.589. The van der Waals surface area contributed by atoms with Crippen molar-refractivity contribution in [3.63, 3.8) is 0 Å². The molecule has 2 aliphatic rings. The van der Waals surface area contributed by atoms with Crippen molar-refractivity contribution in [2.45, 2.75) is 43.4 Å². The van der Waals surface area contributed by atoms with Crippen molar-refractivity contribution < 1.29 is 17.9 Å². The maximum Gasteiger partial charge on any atom is 0.243 e. The van der Waals surface area contributed by atoms with Gasteiger partial charge in [-0.15, -0.1) is 0 Å². The van der Waals surface area contributed by atoms with Crippen LogP contribution in [-0.2, 0) is 27.7 Å². The van der Waals surface area contributed by atoms with Crippen LogP contribution in [0.25, 0.3) is 0 Å². The summed E-state index contributed by atoms with van der Waals surface area (Å²) < 4.78 is 33.3. The maximum absolute atomic E-state index is 13.1. The van der Waals surface area contributed by atoms with Crippen LogP contribution in [-0.4, -0.2) is 44.9 Å². The number of nitrogens with one attached hydrogen (secondary N) is 1. The first kappa shape index (κ1) is 21.8. The molecule has 2 aromatic carbocycles. The van der Waals surface area contributed by atoms with E-state index in [1.165, 1.54) is 21.9 Å². The number of ether oxygens (including phenoxy) is 1. The number of sulfonamides is 1. The van der Waals surface area contributed by atoms with E-state index < -0.39 is 10.0 Å². The number of rotatable bonds is 7. The van der Waals surface area contributed by atoms with E-state index in [4.69, 9.17) is 4.74 Å². The van der Waals surface area contributed by atoms with Gasteiger partial charge in [-0.2, -0.15) is 4.31 Å². The van der Waals surface area contributed by atoms with Crippen molar-refractivity contribution in [1.29, 1.82) is 0 Å². The van der Waals surface area contributed by atoms with Gasteiger partial charge in [0.1, 0.15) is 12.4 Å². The van der Waals surface area contributed by atoms with Crippen LogP contribution in [0.3, 0.4) is 0 Å². The average Bonchev–Trinajstić information content (AvgIpc) is 2.82. The van der Waals surface area contributed by atoms with Crippen molar-refractivity contribution in [1.82, 2.24) is 9.62 Å². The Balaban J connectivity index is 1.26. The van der Waals surface area contributed by atoms with Crippen LogP contribution in [0.1, 0.15) is 36.8 Å². The number of amides is 1. The van der Waals surface area contributed by atoms with Crippen LogP contribution in [0.5, 0.6) is 5.75 Å². The molecule has 1 saturated heterocycles. The Morgan fingerprint density at radius 1 is 1.00 bits per heavy atom. The third-order valence-electron chi connectivity index (χ3n) is 6.20. The van der Waals surface area contributed by atoms with E-state index in [0.717, 1.165) is 25.0 Å². The predicted octanol–water partition coefficient (Wildman–Crippen LogP) is 3.16. The number of hydrogen-bond donors (Lipinski definition) is 1. The summed E-state index contributed by atoms with van der Waals surface area (Å²) in [5, 5.41) is 2.91. The molecule has 1 aliphatic carbocycles. The lowest BCUT2D eigenvalue weighted by molar-refractivity contribution is -0.126. The number of carbonyl (C=O) groups is 1. The largest absolute Gasteiger partial charge is 0.492 e. The first-order chi connectivity index (χ1) is 15.0. The highest BCUT2D eigenvalue weighted by molar-refractivity contribution is 7.89. The molecule has 0 bridgehead atoms. The molecule has 166 valence electrons. The second-order valence-corrected chi connectivity index (χ2v) is 10.2. The first-order valence-electron chi connectivity index (χ1n) is 11.1. The fraction of sp³-hybridized carbons (Fsp3) is 0.458. The van der Waals surface area contributed by atoms with Crippen LogP contribution < -0.4 is 10.1 Å². The Bertz CT molecular complexity index is 999. The zero-order valence-electron chi connectivity index (χ0n) is 17.8. The normalized spacial score (nSPS) is 17.7. The van der Waals surface area contributed by atoms with Gasteiger partial charge in [-0.05, 0) is 73.9 Å². The number of nitrogens with zero attached hydrogens (tertiary/aromatic N) is 1. The molecule has 1 heterocycles. The molecule has 0 unspecified atom stereocenters. The average molecular weight is 443 g/mol. The number of para-hydroxylation sites is 1. The minimum Gasteiger partial charge on any atom is -0.492 e. The molecule has 1 amide bonds. The maximum atomic E-state index is 13.1. The number of hydrogen-bond acceptors (Lipinski definition) is 4. The molecule has 31 heavy (non-hydrogen) atoms. The number of piperidine rings is 1. The summed E-state index contributed by atoms with van der Waals surface area (Å²) in [5.41, 5.74) is 2.44. The molecule has 0 radical (unpaired) electrons. The van der Waals surface area contributed by atoms with Gasteiger partial charge in [0.2, 0.25) is 15.9 Å². The summed E-state index contributed by atoms with van der Waals surface area (Å²) in [7, 11) is -3.51. The Hall–Kier alpha value is -2.38. The third-order valence-corrected chi connectivity index (χ3v) is 8.09. The Morgan fingerprint density at radius 2 is 1.71 bits per heavy atom. The molecule has 2 aromatic rings. The van der Waals surface area contributed by atoms with Gasteiger partial charge in [0.15, 0.2) is 0 Å². The van der Waals surface area contributed by atoms with E-state index in [2.05, 4.69) is 5.32 Å². The Morgan fingerprint density at radius 3 is 2.45 bits per heavy atom. The first-order valence-corrected chi connectivity index (χ1v) is 12.6. The van der Waals surface area contributed by atoms with Crippen LogP contribution in [0.2, 0.25) is 0 Å². The van der Waals surface area contributed by atoms with Crippen LogP contribution in [0.4, 0.5) is 0 Å². The van der Waals surface area contributed by atoms with E-state index in [9.17, 15) is 13.2 Å². The van der Waals surface area contributed by atoms with Crippen molar-refractivity contribution in [3.8, 4) is 5.75 Å². The molecule has 0 aromatic heterocycles. The Labute approximate surface area is 184 Å². The molecule has 7 heteroatoms. The highest BCUT2D eigenvalue weighted by Crippen LogP contribution is 2.28. The van der Waals surface area contributed by atoms with E-state index in [0.29, 0.717) is 44.0 Å². The smallest absolute Gasteiger partial charge is 0.243 e. The van der Waals surface area contributed by atoms with Crippen molar-refractivity contribution in [2.24, 2.45) is 5.92 Å². The minimum atomic E-state index is -3.51. The second kappa shape index (κ2) is 9.83. The molecule has 4 rings (SSSR count). The molecule has 1 fully saturated rings. The van der Waals surface area contributed by atoms with E-state index in [1.54, 1.807) is 6.07 Å². The minimum absolute atomic E-state index is 0.0255. The van der Waals surface area contributed by atoms with Gasteiger partial charge in [0, 0.05) is 19.0 Å². The molecule has 0 atom stereocenters. The van der Waals surface area contributed by atoms with Crippen molar-refractivity contribution >= 4 is 15.9 Å².